The molecule has 0 amide bonds. The minimum absolute atomic E-state index is 0.555. The maximum atomic E-state index is 5.39. The van der Waals surface area contributed by atoms with Crippen LogP contribution in [0, 0.1) is 0 Å². The van der Waals surface area contributed by atoms with Gasteiger partial charge >= 0.3 is 0 Å². The molecule has 0 unspecified atom stereocenters. The van der Waals surface area contributed by atoms with Crippen LogP contribution in [-0.4, -0.2) is 26.7 Å². The van der Waals surface area contributed by atoms with Crippen molar-refractivity contribution in [1.29, 1.82) is 0 Å². The second-order valence-corrected chi connectivity index (χ2v) is 5.56. The van der Waals surface area contributed by atoms with E-state index in [0.29, 0.717) is 19.7 Å². The first kappa shape index (κ1) is 18.8. The largest absolute Gasteiger partial charge is 0.496 e. The van der Waals surface area contributed by atoms with Gasteiger partial charge in [0.15, 0.2) is 5.96 Å². The number of benzene rings is 2. The maximum Gasteiger partial charge on any atom is 0.191 e. The summed E-state index contributed by atoms with van der Waals surface area (Å²) in [6, 6.07) is 16.2. The predicted molar refractivity (Wildman–Crippen MR) is 102 cm³/mol. The van der Waals surface area contributed by atoms with E-state index in [2.05, 4.69) is 34.7 Å². The summed E-state index contributed by atoms with van der Waals surface area (Å²) in [6.45, 7) is 4.71. The first-order valence-electron chi connectivity index (χ1n) is 8.48. The Labute approximate surface area is 150 Å². The summed E-state index contributed by atoms with van der Waals surface area (Å²) in [7, 11) is 3.39. The van der Waals surface area contributed by atoms with Gasteiger partial charge in [-0.2, -0.15) is 0 Å². The molecular weight excluding hydrogens is 314 g/mol. The van der Waals surface area contributed by atoms with Crippen LogP contribution in [0.5, 0.6) is 5.75 Å². The zero-order valence-corrected chi connectivity index (χ0v) is 15.2. The van der Waals surface area contributed by atoms with Gasteiger partial charge in [0.05, 0.1) is 20.3 Å². The molecule has 0 aliphatic rings. The van der Waals surface area contributed by atoms with Crippen molar-refractivity contribution in [3.63, 3.8) is 0 Å². The molecule has 0 fully saturated rings. The van der Waals surface area contributed by atoms with Crippen LogP contribution in [0.1, 0.15) is 23.6 Å². The van der Waals surface area contributed by atoms with E-state index in [1.807, 2.05) is 36.4 Å². The molecule has 0 saturated heterocycles. The van der Waals surface area contributed by atoms with E-state index < -0.39 is 0 Å². The molecule has 0 aliphatic heterocycles. The summed E-state index contributed by atoms with van der Waals surface area (Å²) < 4.78 is 10.7. The van der Waals surface area contributed by atoms with Crippen molar-refractivity contribution in [3.8, 4) is 5.75 Å². The van der Waals surface area contributed by atoms with Crippen molar-refractivity contribution >= 4 is 5.96 Å². The van der Waals surface area contributed by atoms with Gasteiger partial charge in [0.2, 0.25) is 0 Å². The summed E-state index contributed by atoms with van der Waals surface area (Å²) in [4.78, 5) is 4.67. The van der Waals surface area contributed by atoms with Gasteiger partial charge in [-0.3, -0.25) is 0 Å². The van der Waals surface area contributed by atoms with Gasteiger partial charge in [0, 0.05) is 25.8 Å². The lowest BCUT2D eigenvalue weighted by Crippen LogP contribution is -2.37. The number of nitrogens with one attached hydrogen (secondary N) is 2. The lowest BCUT2D eigenvalue weighted by molar-refractivity contribution is 0.184. The van der Waals surface area contributed by atoms with E-state index >= 15 is 0 Å². The number of guanidine groups is 1. The van der Waals surface area contributed by atoms with Crippen molar-refractivity contribution in [2.45, 2.75) is 26.6 Å². The fourth-order valence-electron chi connectivity index (χ4n) is 2.54. The normalized spacial score (nSPS) is 11.2. The molecule has 134 valence electrons. The van der Waals surface area contributed by atoms with Crippen LogP contribution in [0.4, 0.5) is 0 Å². The van der Waals surface area contributed by atoms with Gasteiger partial charge in [-0.1, -0.05) is 42.5 Å². The van der Waals surface area contributed by atoms with Gasteiger partial charge in [0.1, 0.15) is 5.75 Å². The molecule has 5 heteroatoms. The molecule has 0 bridgehead atoms. The smallest absolute Gasteiger partial charge is 0.191 e. The highest BCUT2D eigenvalue weighted by molar-refractivity contribution is 5.79. The Balaban J connectivity index is 2.05. The monoisotopic (exact) mass is 341 g/mol. The lowest BCUT2D eigenvalue weighted by atomic mass is 10.1. The summed E-state index contributed by atoms with van der Waals surface area (Å²) in [6.07, 6.45) is 0. The van der Waals surface area contributed by atoms with Crippen molar-refractivity contribution in [1.82, 2.24) is 10.6 Å². The molecule has 0 radical (unpaired) electrons. The van der Waals surface area contributed by atoms with Crippen LogP contribution in [0.25, 0.3) is 0 Å². The quantitative estimate of drug-likeness (QED) is 0.572. The van der Waals surface area contributed by atoms with Crippen LogP contribution in [-0.2, 0) is 24.4 Å². The van der Waals surface area contributed by atoms with E-state index in [1.54, 1.807) is 14.2 Å². The minimum Gasteiger partial charge on any atom is -0.496 e. The van der Waals surface area contributed by atoms with Gasteiger partial charge in [-0.25, -0.2) is 4.99 Å². The second-order valence-electron chi connectivity index (χ2n) is 5.56. The summed E-state index contributed by atoms with van der Waals surface area (Å²) in [5.41, 5.74) is 3.44. The van der Waals surface area contributed by atoms with Crippen molar-refractivity contribution in [2.24, 2.45) is 4.99 Å². The molecule has 5 nitrogen and oxygen atoms in total. The number of hydrogen-bond acceptors (Lipinski definition) is 3. The van der Waals surface area contributed by atoms with E-state index in [4.69, 9.17) is 9.47 Å². The molecule has 0 aliphatic carbocycles. The Morgan fingerprint density at radius 1 is 0.920 bits per heavy atom. The van der Waals surface area contributed by atoms with Crippen LogP contribution < -0.4 is 15.4 Å². The Morgan fingerprint density at radius 3 is 2.28 bits per heavy atom. The first-order chi connectivity index (χ1) is 12.3. The van der Waals surface area contributed by atoms with E-state index in [9.17, 15) is 0 Å². The molecule has 0 atom stereocenters. The standard InChI is InChI=1S/C20H27N3O2/c1-4-21-20(23-14-17-10-7-8-12-19(17)25-3)22-13-16-9-5-6-11-18(16)15-24-2/h5-12H,4,13-15H2,1-3H3,(H2,21,22,23). The average Bonchev–Trinajstić information content (AvgIpc) is 2.65. The van der Waals surface area contributed by atoms with Gasteiger partial charge in [-0.05, 0) is 24.1 Å². The fourth-order valence-corrected chi connectivity index (χ4v) is 2.54. The number of nitrogens with zero attached hydrogens (tertiary/aromatic N) is 1. The van der Waals surface area contributed by atoms with Crippen LogP contribution >= 0.6 is 0 Å². The Hall–Kier alpha value is -2.53. The third-order valence-electron chi connectivity index (χ3n) is 3.81. The number of para-hydroxylation sites is 1. The molecule has 2 aromatic rings. The van der Waals surface area contributed by atoms with E-state index in [0.717, 1.165) is 23.8 Å². The molecule has 0 heterocycles. The number of rotatable bonds is 8. The summed E-state index contributed by atoms with van der Waals surface area (Å²) in [5.74, 6) is 1.63. The zero-order chi connectivity index (χ0) is 17.9. The van der Waals surface area contributed by atoms with Crippen LogP contribution in [0.2, 0.25) is 0 Å². The van der Waals surface area contributed by atoms with Crippen molar-refractivity contribution < 1.29 is 9.47 Å². The van der Waals surface area contributed by atoms with Gasteiger partial charge in [0.25, 0.3) is 0 Å². The Morgan fingerprint density at radius 2 is 1.60 bits per heavy atom. The topological polar surface area (TPSA) is 54.9 Å². The summed E-state index contributed by atoms with van der Waals surface area (Å²) in [5, 5.41) is 6.66. The average molecular weight is 341 g/mol. The van der Waals surface area contributed by atoms with Gasteiger partial charge in [-0.15, -0.1) is 0 Å². The molecule has 2 aromatic carbocycles. The number of ether oxygens (including phenoxy) is 2. The highest BCUT2D eigenvalue weighted by atomic mass is 16.5. The fraction of sp³-hybridized carbons (Fsp3) is 0.350. The lowest BCUT2D eigenvalue weighted by Gasteiger charge is -2.14. The summed E-state index contributed by atoms with van der Waals surface area (Å²) >= 11 is 0. The molecule has 25 heavy (non-hydrogen) atoms. The third kappa shape index (κ3) is 5.80. The number of aliphatic imine (C=N–C) groups is 1. The SMILES string of the molecule is CCNC(=NCc1ccccc1OC)NCc1ccccc1COC. The maximum absolute atomic E-state index is 5.39. The van der Waals surface area contributed by atoms with Crippen molar-refractivity contribution in [2.75, 3.05) is 20.8 Å². The highest BCUT2D eigenvalue weighted by Gasteiger charge is 2.05. The Bertz CT molecular complexity index is 686. The van der Waals surface area contributed by atoms with Crippen LogP contribution in [0.3, 0.4) is 0 Å². The molecule has 2 N–H and O–H groups in total. The number of hydrogen-bond donors (Lipinski definition) is 2. The Kier molecular flexibility index (Phi) is 7.79. The van der Waals surface area contributed by atoms with E-state index in [-0.39, 0.29) is 0 Å². The molecule has 0 saturated carbocycles. The molecule has 0 spiro atoms. The molecule has 2 rings (SSSR count). The highest BCUT2D eigenvalue weighted by Crippen LogP contribution is 2.18. The zero-order valence-electron chi connectivity index (χ0n) is 15.2. The number of methoxy groups -OCH3 is 2. The second kappa shape index (κ2) is 10.4. The van der Waals surface area contributed by atoms with E-state index in [1.165, 1.54) is 11.1 Å². The van der Waals surface area contributed by atoms with Crippen molar-refractivity contribution in [3.05, 3.63) is 65.2 Å². The molecule has 0 aromatic heterocycles. The van der Waals surface area contributed by atoms with Crippen LogP contribution in [0.15, 0.2) is 53.5 Å². The minimum atomic E-state index is 0.555. The predicted octanol–water partition coefficient (Wildman–Crippen LogP) is 3.10. The molecular formula is C20H27N3O2. The first-order valence-corrected chi connectivity index (χ1v) is 8.48. The third-order valence-corrected chi connectivity index (χ3v) is 3.81. The van der Waals surface area contributed by atoms with Gasteiger partial charge < -0.3 is 20.1 Å².